The van der Waals surface area contributed by atoms with Crippen molar-refractivity contribution in [3.8, 4) is 11.4 Å². The molecule has 8 nitrogen and oxygen atoms in total. The van der Waals surface area contributed by atoms with Gasteiger partial charge in [-0.2, -0.15) is 0 Å². The summed E-state index contributed by atoms with van der Waals surface area (Å²) in [5.74, 6) is -0.152. The molecule has 30 heavy (non-hydrogen) atoms. The van der Waals surface area contributed by atoms with Crippen LogP contribution in [0, 0.1) is 5.82 Å². The van der Waals surface area contributed by atoms with E-state index in [1.54, 1.807) is 0 Å². The van der Waals surface area contributed by atoms with E-state index in [9.17, 15) is 13.6 Å². The molecule has 1 fully saturated rings. The molecule has 1 amide bonds. The van der Waals surface area contributed by atoms with Gasteiger partial charge in [0, 0.05) is 43.8 Å². The van der Waals surface area contributed by atoms with Gasteiger partial charge in [0.1, 0.15) is 17.7 Å². The summed E-state index contributed by atoms with van der Waals surface area (Å²) in [4.78, 5) is 32.7. The summed E-state index contributed by atoms with van der Waals surface area (Å²) in [6.07, 6.45) is 5.41. The Hall–Kier alpha value is -3.56. The van der Waals surface area contributed by atoms with E-state index in [4.69, 9.17) is 0 Å². The van der Waals surface area contributed by atoms with Crippen molar-refractivity contribution < 1.29 is 13.6 Å². The molecule has 4 rings (SSSR count). The molecule has 0 bridgehead atoms. The molecule has 0 aromatic carbocycles. The molecule has 2 N–H and O–H groups in total. The SMILES string of the molecule is CNC(=O)c1ccnc(-c2cnc(NC[C@]3(c4ncccc4F)C[C@H](F)C3)nc2)n1. The zero-order chi connectivity index (χ0) is 21.1. The molecule has 0 saturated heterocycles. The van der Waals surface area contributed by atoms with Gasteiger partial charge in [-0.15, -0.1) is 0 Å². The zero-order valence-electron chi connectivity index (χ0n) is 16.1. The van der Waals surface area contributed by atoms with E-state index in [1.807, 2.05) is 0 Å². The van der Waals surface area contributed by atoms with Gasteiger partial charge in [-0.1, -0.05) is 0 Å². The van der Waals surface area contributed by atoms with Crippen LogP contribution in [0.3, 0.4) is 0 Å². The van der Waals surface area contributed by atoms with Crippen LogP contribution in [0.1, 0.15) is 29.0 Å². The summed E-state index contributed by atoms with van der Waals surface area (Å²) in [6.45, 7) is 0.253. The Labute approximate surface area is 171 Å². The number of carbonyl (C=O) groups excluding carboxylic acids is 1. The third kappa shape index (κ3) is 3.80. The number of anilines is 1. The van der Waals surface area contributed by atoms with E-state index in [2.05, 4.69) is 35.6 Å². The van der Waals surface area contributed by atoms with Gasteiger partial charge in [-0.25, -0.2) is 28.7 Å². The van der Waals surface area contributed by atoms with Gasteiger partial charge in [0.05, 0.1) is 11.3 Å². The summed E-state index contributed by atoms with van der Waals surface area (Å²) in [5, 5.41) is 5.55. The minimum Gasteiger partial charge on any atom is -0.354 e. The first-order chi connectivity index (χ1) is 14.5. The molecule has 10 heteroatoms. The first kappa shape index (κ1) is 19.7. The second-order valence-corrected chi connectivity index (χ2v) is 7.11. The molecule has 0 radical (unpaired) electrons. The molecule has 0 aliphatic heterocycles. The fraction of sp³-hybridized carbons (Fsp3) is 0.300. The van der Waals surface area contributed by atoms with Crippen molar-refractivity contribution in [3.05, 3.63) is 60.2 Å². The minimum absolute atomic E-state index is 0.187. The maximum atomic E-state index is 14.2. The fourth-order valence-corrected chi connectivity index (χ4v) is 3.52. The second-order valence-electron chi connectivity index (χ2n) is 7.11. The third-order valence-electron chi connectivity index (χ3n) is 5.10. The molecule has 3 aromatic rings. The van der Waals surface area contributed by atoms with Gasteiger partial charge in [0.25, 0.3) is 5.91 Å². The number of nitrogens with zero attached hydrogens (tertiary/aromatic N) is 5. The molecule has 0 atom stereocenters. The number of nitrogens with one attached hydrogen (secondary N) is 2. The molecule has 1 saturated carbocycles. The lowest BCUT2D eigenvalue weighted by atomic mass is 9.65. The number of aromatic nitrogens is 5. The Morgan fingerprint density at radius 3 is 2.60 bits per heavy atom. The van der Waals surface area contributed by atoms with Crippen molar-refractivity contribution in [2.45, 2.75) is 24.4 Å². The van der Waals surface area contributed by atoms with E-state index < -0.39 is 17.4 Å². The topological polar surface area (TPSA) is 106 Å². The molecule has 3 heterocycles. The zero-order valence-corrected chi connectivity index (χ0v) is 16.1. The molecular formula is C20H19F2N7O. The lowest BCUT2D eigenvalue weighted by molar-refractivity contribution is 0.0955. The molecule has 1 aliphatic carbocycles. The van der Waals surface area contributed by atoms with Crippen molar-refractivity contribution in [3.63, 3.8) is 0 Å². The predicted octanol–water partition coefficient (Wildman–Crippen LogP) is 2.31. The van der Waals surface area contributed by atoms with Crippen molar-refractivity contribution in [2.75, 3.05) is 18.9 Å². The van der Waals surface area contributed by atoms with Crippen molar-refractivity contribution in [1.29, 1.82) is 0 Å². The van der Waals surface area contributed by atoms with Crippen molar-refractivity contribution >= 4 is 11.9 Å². The Kier molecular flexibility index (Phi) is 5.30. The molecule has 1 aliphatic rings. The quantitative estimate of drug-likeness (QED) is 0.641. The number of hydrogen-bond donors (Lipinski definition) is 2. The van der Waals surface area contributed by atoms with Crippen LogP contribution in [-0.2, 0) is 5.41 Å². The Bertz CT molecular complexity index is 1060. The minimum atomic E-state index is -0.985. The highest BCUT2D eigenvalue weighted by Gasteiger charge is 2.48. The summed E-state index contributed by atoms with van der Waals surface area (Å²) in [5.41, 5.74) is 0.277. The third-order valence-corrected chi connectivity index (χ3v) is 5.10. The average Bonchev–Trinajstić information content (AvgIpc) is 2.76. The smallest absolute Gasteiger partial charge is 0.269 e. The van der Waals surface area contributed by atoms with Crippen LogP contribution in [-0.4, -0.2) is 50.6 Å². The molecule has 154 valence electrons. The van der Waals surface area contributed by atoms with E-state index >= 15 is 0 Å². The van der Waals surface area contributed by atoms with Crippen LogP contribution in [0.5, 0.6) is 0 Å². The number of pyridine rings is 1. The van der Waals surface area contributed by atoms with Crippen LogP contribution in [0.15, 0.2) is 43.0 Å². The van der Waals surface area contributed by atoms with Crippen molar-refractivity contribution in [1.82, 2.24) is 30.2 Å². The molecule has 0 unspecified atom stereocenters. The van der Waals surface area contributed by atoms with Gasteiger partial charge in [0.15, 0.2) is 5.82 Å². The van der Waals surface area contributed by atoms with Gasteiger partial charge in [-0.05, 0) is 31.0 Å². The first-order valence-electron chi connectivity index (χ1n) is 9.37. The number of hydrogen-bond acceptors (Lipinski definition) is 7. The lowest BCUT2D eigenvalue weighted by Crippen LogP contribution is -2.49. The van der Waals surface area contributed by atoms with Gasteiger partial charge < -0.3 is 10.6 Å². The van der Waals surface area contributed by atoms with Crippen LogP contribution >= 0.6 is 0 Å². The Morgan fingerprint density at radius 1 is 1.17 bits per heavy atom. The first-order valence-corrected chi connectivity index (χ1v) is 9.37. The largest absolute Gasteiger partial charge is 0.354 e. The van der Waals surface area contributed by atoms with Gasteiger partial charge in [-0.3, -0.25) is 9.78 Å². The Morgan fingerprint density at radius 2 is 1.93 bits per heavy atom. The van der Waals surface area contributed by atoms with Crippen LogP contribution in [0.2, 0.25) is 0 Å². The molecule has 3 aromatic heterocycles. The normalized spacial score (nSPS) is 20.3. The predicted molar refractivity (Wildman–Crippen MR) is 105 cm³/mol. The number of rotatable bonds is 6. The van der Waals surface area contributed by atoms with Gasteiger partial charge in [0.2, 0.25) is 5.95 Å². The van der Waals surface area contributed by atoms with Gasteiger partial charge >= 0.3 is 0 Å². The number of amides is 1. The average molecular weight is 411 g/mol. The van der Waals surface area contributed by atoms with E-state index in [1.165, 1.54) is 50.0 Å². The second kappa shape index (κ2) is 8.05. The van der Waals surface area contributed by atoms with Crippen LogP contribution in [0.4, 0.5) is 14.7 Å². The van der Waals surface area contributed by atoms with Crippen LogP contribution in [0.25, 0.3) is 11.4 Å². The van der Waals surface area contributed by atoms with E-state index in [0.717, 1.165) is 0 Å². The maximum absolute atomic E-state index is 14.2. The Balaban J connectivity index is 1.49. The summed E-state index contributed by atoms with van der Waals surface area (Å²) >= 11 is 0. The van der Waals surface area contributed by atoms with E-state index in [0.29, 0.717) is 17.3 Å². The lowest BCUT2D eigenvalue weighted by Gasteiger charge is -2.43. The van der Waals surface area contributed by atoms with Crippen molar-refractivity contribution in [2.24, 2.45) is 0 Å². The maximum Gasteiger partial charge on any atom is 0.269 e. The van der Waals surface area contributed by atoms with Crippen LogP contribution < -0.4 is 10.6 Å². The number of carbonyl (C=O) groups is 1. The summed E-state index contributed by atoms with van der Waals surface area (Å²) in [6, 6.07) is 4.34. The highest BCUT2D eigenvalue weighted by molar-refractivity contribution is 5.92. The van der Waals surface area contributed by atoms with E-state index in [-0.39, 0.29) is 36.7 Å². The monoisotopic (exact) mass is 411 g/mol. The number of alkyl halides is 1. The molecule has 0 spiro atoms. The fourth-order valence-electron chi connectivity index (χ4n) is 3.52. The summed E-state index contributed by atoms with van der Waals surface area (Å²) in [7, 11) is 1.52. The highest BCUT2D eigenvalue weighted by Crippen LogP contribution is 2.45. The summed E-state index contributed by atoms with van der Waals surface area (Å²) < 4.78 is 27.9. The number of halogens is 2. The standard InChI is InChI=1S/C20H19F2N7O/c1-23-18(30)15-4-6-25-17(29-15)12-9-26-19(27-10-12)28-11-20(7-13(21)8-20)16-14(22)3-2-5-24-16/h2-6,9-10,13H,7-8,11H2,1H3,(H,23,30)(H,26,27,28)/t13-,20-. The highest BCUT2D eigenvalue weighted by atomic mass is 19.1. The molecular weight excluding hydrogens is 392 g/mol.